The van der Waals surface area contributed by atoms with Crippen molar-refractivity contribution >= 4 is 41.0 Å². The minimum Gasteiger partial charge on any atom is -0.488 e. The van der Waals surface area contributed by atoms with E-state index in [0.29, 0.717) is 27.6 Å². The smallest absolute Gasteiger partial charge is 0.333 e. The lowest BCUT2D eigenvalue weighted by Gasteiger charge is -2.12. The number of non-ortho nitro benzene ring substituents is 1. The van der Waals surface area contributed by atoms with Crippen LogP contribution < -0.4 is 15.0 Å². The second-order valence-electron chi connectivity index (χ2n) is 6.86. The van der Waals surface area contributed by atoms with E-state index in [2.05, 4.69) is 5.32 Å². The number of imide groups is 1. The van der Waals surface area contributed by atoms with E-state index in [0.717, 1.165) is 4.90 Å². The van der Waals surface area contributed by atoms with Crippen LogP contribution in [-0.4, -0.2) is 16.9 Å². The molecule has 1 saturated heterocycles. The third kappa shape index (κ3) is 4.45. The van der Waals surface area contributed by atoms with Gasteiger partial charge in [0.25, 0.3) is 11.6 Å². The molecule has 0 aromatic heterocycles. The van der Waals surface area contributed by atoms with Gasteiger partial charge in [0.05, 0.1) is 10.6 Å². The molecule has 0 saturated carbocycles. The zero-order valence-corrected chi connectivity index (χ0v) is 17.3. The number of anilines is 1. The predicted octanol–water partition coefficient (Wildman–Crippen LogP) is 4.92. The highest BCUT2D eigenvalue weighted by molar-refractivity contribution is 6.32. The summed E-state index contributed by atoms with van der Waals surface area (Å²) in [6.07, 6.45) is 1.52. The molecule has 1 aliphatic heterocycles. The van der Waals surface area contributed by atoms with Gasteiger partial charge in [-0.2, -0.15) is 0 Å². The second-order valence-corrected chi connectivity index (χ2v) is 7.30. The van der Waals surface area contributed by atoms with Gasteiger partial charge in [-0.1, -0.05) is 48.0 Å². The van der Waals surface area contributed by atoms with Crippen LogP contribution >= 0.6 is 11.6 Å². The van der Waals surface area contributed by atoms with Gasteiger partial charge in [-0.25, -0.2) is 9.69 Å². The van der Waals surface area contributed by atoms with Gasteiger partial charge in [-0.05, 0) is 35.9 Å². The molecule has 1 fully saturated rings. The molecule has 9 heteroatoms. The Balaban J connectivity index is 1.56. The number of ether oxygens (including phenoxy) is 1. The van der Waals surface area contributed by atoms with Crippen LogP contribution in [0.25, 0.3) is 6.08 Å². The normalized spacial score (nSPS) is 14.5. The Morgan fingerprint density at radius 1 is 1.03 bits per heavy atom. The molecule has 0 bridgehead atoms. The van der Waals surface area contributed by atoms with Gasteiger partial charge in [-0.15, -0.1) is 0 Å². The monoisotopic (exact) mass is 449 g/mol. The summed E-state index contributed by atoms with van der Waals surface area (Å²) in [7, 11) is 0. The Morgan fingerprint density at radius 3 is 2.59 bits per heavy atom. The molecule has 0 spiro atoms. The number of rotatable bonds is 6. The number of hydrogen-bond acceptors (Lipinski definition) is 5. The van der Waals surface area contributed by atoms with Crippen molar-refractivity contribution in [3.05, 3.63) is 105 Å². The van der Waals surface area contributed by atoms with E-state index in [1.54, 1.807) is 54.6 Å². The maximum atomic E-state index is 12.9. The first-order chi connectivity index (χ1) is 15.4. The quantitative estimate of drug-likeness (QED) is 0.249. The van der Waals surface area contributed by atoms with Crippen molar-refractivity contribution in [1.29, 1.82) is 0 Å². The molecule has 0 radical (unpaired) electrons. The Kier molecular flexibility index (Phi) is 5.87. The molecule has 1 N–H and O–H groups in total. The summed E-state index contributed by atoms with van der Waals surface area (Å²) in [6.45, 7) is 0.0941. The van der Waals surface area contributed by atoms with Gasteiger partial charge < -0.3 is 10.1 Å². The SMILES string of the molecule is O=C1N/C(=C/c2ccccc2OCc2cccc([N+](=O)[O-])c2)C(=O)N1c1cccc(Cl)c1. The van der Waals surface area contributed by atoms with Crippen LogP contribution in [0.1, 0.15) is 11.1 Å². The topological polar surface area (TPSA) is 102 Å². The van der Waals surface area contributed by atoms with Crippen LogP contribution in [0.2, 0.25) is 5.02 Å². The number of carbonyl (C=O) groups excluding carboxylic acids is 2. The summed E-state index contributed by atoms with van der Waals surface area (Å²) >= 11 is 5.98. The zero-order valence-electron chi connectivity index (χ0n) is 16.5. The van der Waals surface area contributed by atoms with Crippen molar-refractivity contribution in [3.63, 3.8) is 0 Å². The van der Waals surface area contributed by atoms with E-state index in [4.69, 9.17) is 16.3 Å². The van der Waals surface area contributed by atoms with E-state index in [1.807, 2.05) is 0 Å². The molecule has 3 amide bonds. The van der Waals surface area contributed by atoms with E-state index >= 15 is 0 Å². The number of urea groups is 1. The fraction of sp³-hybridized carbons (Fsp3) is 0.0435. The summed E-state index contributed by atoms with van der Waals surface area (Å²) in [5, 5.41) is 13.9. The highest BCUT2D eigenvalue weighted by Gasteiger charge is 2.35. The van der Waals surface area contributed by atoms with Gasteiger partial charge in [-0.3, -0.25) is 14.9 Å². The average Bonchev–Trinajstić information content (AvgIpc) is 3.06. The molecule has 1 aliphatic rings. The number of hydrogen-bond donors (Lipinski definition) is 1. The van der Waals surface area contributed by atoms with Crippen molar-refractivity contribution in [2.24, 2.45) is 0 Å². The standard InChI is InChI=1S/C23H16ClN3O5/c24-17-7-4-8-18(13-17)26-22(28)20(25-23(26)29)12-16-6-1-2-10-21(16)32-14-15-5-3-9-19(11-15)27(30)31/h1-13H,14H2,(H,25,29)/b20-12+. The molecule has 0 unspecified atom stereocenters. The number of nitro groups is 1. The molecule has 3 aromatic carbocycles. The number of amides is 3. The van der Waals surface area contributed by atoms with Crippen LogP contribution in [0, 0.1) is 10.1 Å². The van der Waals surface area contributed by atoms with Crippen molar-refractivity contribution < 1.29 is 19.2 Å². The van der Waals surface area contributed by atoms with Gasteiger partial charge in [0, 0.05) is 22.7 Å². The second kappa shape index (κ2) is 8.91. The number of para-hydroxylation sites is 1. The fourth-order valence-corrected chi connectivity index (χ4v) is 3.38. The Hall–Kier alpha value is -4.17. The summed E-state index contributed by atoms with van der Waals surface area (Å²) in [4.78, 5) is 36.7. The number of benzene rings is 3. The lowest BCUT2D eigenvalue weighted by Crippen LogP contribution is -2.30. The van der Waals surface area contributed by atoms with Crippen molar-refractivity contribution in [2.75, 3.05) is 4.90 Å². The van der Waals surface area contributed by atoms with Crippen LogP contribution in [0.4, 0.5) is 16.2 Å². The predicted molar refractivity (Wildman–Crippen MR) is 119 cm³/mol. The number of nitro benzene ring substituents is 1. The van der Waals surface area contributed by atoms with Gasteiger partial charge in [0.1, 0.15) is 18.1 Å². The van der Waals surface area contributed by atoms with Gasteiger partial charge in [0.15, 0.2) is 0 Å². The highest BCUT2D eigenvalue weighted by atomic mass is 35.5. The first kappa shape index (κ1) is 21.1. The fourth-order valence-electron chi connectivity index (χ4n) is 3.19. The van der Waals surface area contributed by atoms with E-state index in [9.17, 15) is 19.7 Å². The van der Waals surface area contributed by atoms with E-state index in [-0.39, 0.29) is 18.0 Å². The van der Waals surface area contributed by atoms with Crippen molar-refractivity contribution in [1.82, 2.24) is 5.32 Å². The molecular formula is C23H16ClN3O5. The number of halogens is 1. The molecule has 8 nitrogen and oxygen atoms in total. The third-order valence-corrected chi connectivity index (χ3v) is 4.91. The molecule has 1 heterocycles. The van der Waals surface area contributed by atoms with E-state index < -0.39 is 16.9 Å². The third-order valence-electron chi connectivity index (χ3n) is 4.68. The average molecular weight is 450 g/mol. The minimum absolute atomic E-state index is 0.0260. The summed E-state index contributed by atoms with van der Waals surface area (Å²) < 4.78 is 5.84. The Labute approximate surface area is 187 Å². The number of nitrogens with zero attached hydrogens (tertiary/aromatic N) is 2. The Bertz CT molecular complexity index is 1260. The summed E-state index contributed by atoms with van der Waals surface area (Å²) in [5.74, 6) is -0.0690. The lowest BCUT2D eigenvalue weighted by atomic mass is 10.1. The number of carbonyl (C=O) groups is 2. The maximum Gasteiger partial charge on any atom is 0.333 e. The Morgan fingerprint density at radius 2 is 1.81 bits per heavy atom. The summed E-state index contributed by atoms with van der Waals surface area (Å²) in [5.41, 5.74) is 1.61. The molecule has 4 rings (SSSR count). The highest BCUT2D eigenvalue weighted by Crippen LogP contribution is 2.27. The molecule has 3 aromatic rings. The molecular weight excluding hydrogens is 434 g/mol. The number of nitrogens with one attached hydrogen (secondary N) is 1. The molecule has 0 atom stereocenters. The lowest BCUT2D eigenvalue weighted by molar-refractivity contribution is -0.384. The molecule has 32 heavy (non-hydrogen) atoms. The van der Waals surface area contributed by atoms with Gasteiger partial charge in [0.2, 0.25) is 0 Å². The van der Waals surface area contributed by atoms with Crippen LogP contribution in [0.5, 0.6) is 5.75 Å². The van der Waals surface area contributed by atoms with E-state index in [1.165, 1.54) is 24.3 Å². The minimum atomic E-state index is -0.585. The van der Waals surface area contributed by atoms with Crippen molar-refractivity contribution in [3.8, 4) is 5.75 Å². The maximum absolute atomic E-state index is 12.9. The zero-order chi connectivity index (χ0) is 22.7. The van der Waals surface area contributed by atoms with Crippen LogP contribution in [0.15, 0.2) is 78.5 Å². The largest absolute Gasteiger partial charge is 0.488 e. The summed E-state index contributed by atoms with van der Waals surface area (Å²) in [6, 6.07) is 19.0. The van der Waals surface area contributed by atoms with Crippen molar-refractivity contribution in [2.45, 2.75) is 6.61 Å². The molecule has 160 valence electrons. The first-order valence-corrected chi connectivity index (χ1v) is 9.88. The van der Waals surface area contributed by atoms with Gasteiger partial charge >= 0.3 is 6.03 Å². The van der Waals surface area contributed by atoms with Crippen LogP contribution in [0.3, 0.4) is 0 Å². The molecule has 0 aliphatic carbocycles. The van der Waals surface area contributed by atoms with Crippen LogP contribution in [-0.2, 0) is 11.4 Å². The first-order valence-electron chi connectivity index (χ1n) is 9.50.